The van der Waals surface area contributed by atoms with Gasteiger partial charge in [0, 0.05) is 18.5 Å². The van der Waals surface area contributed by atoms with Crippen LogP contribution in [0.1, 0.15) is 50.2 Å². The Bertz CT molecular complexity index is 419. The minimum atomic E-state index is -0.267. The van der Waals surface area contributed by atoms with Crippen molar-refractivity contribution in [3.63, 3.8) is 0 Å². The first-order valence-corrected chi connectivity index (χ1v) is 6.58. The fraction of sp³-hybridized carbons (Fsp3) is 0.533. The van der Waals surface area contributed by atoms with E-state index in [2.05, 4.69) is 29.6 Å². The topological polar surface area (TPSA) is 55.1 Å². The van der Waals surface area contributed by atoms with Crippen molar-refractivity contribution in [3.8, 4) is 0 Å². The maximum Gasteiger partial charge on any atom is 0.219 e. The summed E-state index contributed by atoms with van der Waals surface area (Å²) in [5.41, 5.74) is 7.68. The standard InChI is InChI=1S/C15H22N2O/c1-15(2,9-14(16)18)17-10-11-3-5-12(6-4-11)13-7-8-13/h3-6,13,17H,7-10H2,1-2H3,(H2,16,18). The lowest BCUT2D eigenvalue weighted by Crippen LogP contribution is -2.42. The van der Waals surface area contributed by atoms with Crippen molar-refractivity contribution in [2.45, 2.75) is 51.1 Å². The van der Waals surface area contributed by atoms with Crippen LogP contribution in [0.4, 0.5) is 0 Å². The number of hydrogen-bond donors (Lipinski definition) is 2. The van der Waals surface area contributed by atoms with Crippen LogP contribution in [0.3, 0.4) is 0 Å². The van der Waals surface area contributed by atoms with E-state index in [1.54, 1.807) is 0 Å². The van der Waals surface area contributed by atoms with Crippen molar-refractivity contribution in [2.75, 3.05) is 0 Å². The fourth-order valence-electron chi connectivity index (χ4n) is 2.16. The van der Waals surface area contributed by atoms with Gasteiger partial charge in [-0.3, -0.25) is 4.79 Å². The van der Waals surface area contributed by atoms with E-state index in [0.717, 1.165) is 12.5 Å². The van der Waals surface area contributed by atoms with Gasteiger partial charge in [0.15, 0.2) is 0 Å². The predicted octanol–water partition coefficient (Wildman–Crippen LogP) is 2.31. The molecule has 1 saturated carbocycles. The second kappa shape index (κ2) is 5.11. The second-order valence-electron chi connectivity index (χ2n) is 5.90. The third kappa shape index (κ3) is 3.84. The highest BCUT2D eigenvalue weighted by Crippen LogP contribution is 2.39. The number of nitrogens with one attached hydrogen (secondary N) is 1. The molecule has 1 aliphatic carbocycles. The number of nitrogens with two attached hydrogens (primary N) is 1. The van der Waals surface area contributed by atoms with Gasteiger partial charge in [-0.05, 0) is 43.7 Å². The van der Waals surface area contributed by atoms with Gasteiger partial charge in [0.05, 0.1) is 0 Å². The van der Waals surface area contributed by atoms with Crippen LogP contribution in [0, 0.1) is 0 Å². The van der Waals surface area contributed by atoms with Gasteiger partial charge in [-0.25, -0.2) is 0 Å². The number of rotatable bonds is 6. The third-order valence-electron chi connectivity index (χ3n) is 3.42. The summed E-state index contributed by atoms with van der Waals surface area (Å²) in [5, 5.41) is 3.37. The number of carbonyl (C=O) groups is 1. The SMILES string of the molecule is CC(C)(CC(N)=O)NCc1ccc(C2CC2)cc1. The first kappa shape index (κ1) is 13.1. The van der Waals surface area contributed by atoms with Gasteiger partial charge in [-0.2, -0.15) is 0 Å². The molecule has 0 atom stereocenters. The smallest absolute Gasteiger partial charge is 0.219 e. The lowest BCUT2D eigenvalue weighted by molar-refractivity contribution is -0.119. The molecule has 0 radical (unpaired) electrons. The van der Waals surface area contributed by atoms with Gasteiger partial charge in [0.25, 0.3) is 0 Å². The van der Waals surface area contributed by atoms with Crippen molar-refractivity contribution in [3.05, 3.63) is 35.4 Å². The minimum Gasteiger partial charge on any atom is -0.370 e. The Kier molecular flexibility index (Phi) is 3.71. The molecule has 1 aromatic carbocycles. The van der Waals surface area contributed by atoms with Crippen molar-refractivity contribution >= 4 is 5.91 Å². The first-order valence-electron chi connectivity index (χ1n) is 6.58. The molecule has 3 heteroatoms. The number of primary amides is 1. The molecule has 0 unspecified atom stereocenters. The third-order valence-corrected chi connectivity index (χ3v) is 3.42. The zero-order valence-electron chi connectivity index (χ0n) is 11.2. The van der Waals surface area contributed by atoms with Crippen molar-refractivity contribution in [2.24, 2.45) is 5.73 Å². The van der Waals surface area contributed by atoms with Crippen LogP contribution >= 0.6 is 0 Å². The molecule has 18 heavy (non-hydrogen) atoms. The average molecular weight is 246 g/mol. The van der Waals surface area contributed by atoms with Gasteiger partial charge in [-0.15, -0.1) is 0 Å². The molecule has 1 amide bonds. The first-order chi connectivity index (χ1) is 8.46. The molecular weight excluding hydrogens is 224 g/mol. The van der Waals surface area contributed by atoms with E-state index in [0.29, 0.717) is 6.42 Å². The summed E-state index contributed by atoms with van der Waals surface area (Å²) >= 11 is 0. The summed E-state index contributed by atoms with van der Waals surface area (Å²) < 4.78 is 0. The molecule has 98 valence electrons. The molecule has 1 aliphatic rings. The molecular formula is C15H22N2O. The van der Waals surface area contributed by atoms with Gasteiger partial charge in [0.1, 0.15) is 0 Å². The normalized spacial score (nSPS) is 15.7. The molecule has 0 heterocycles. The molecule has 0 spiro atoms. The van der Waals surface area contributed by atoms with E-state index in [4.69, 9.17) is 5.73 Å². The predicted molar refractivity (Wildman–Crippen MR) is 73.1 cm³/mol. The van der Waals surface area contributed by atoms with Crippen LogP contribution in [0.2, 0.25) is 0 Å². The molecule has 1 fully saturated rings. The van der Waals surface area contributed by atoms with Gasteiger partial charge < -0.3 is 11.1 Å². The molecule has 0 bridgehead atoms. The van der Waals surface area contributed by atoms with E-state index in [1.165, 1.54) is 24.0 Å². The summed E-state index contributed by atoms with van der Waals surface area (Å²) in [5.74, 6) is 0.537. The zero-order valence-corrected chi connectivity index (χ0v) is 11.2. The molecule has 0 saturated heterocycles. The molecule has 0 aromatic heterocycles. The van der Waals surface area contributed by atoms with Gasteiger partial charge in [0.2, 0.25) is 5.91 Å². The zero-order chi connectivity index (χ0) is 13.2. The van der Waals surface area contributed by atoms with Crippen LogP contribution in [-0.2, 0) is 11.3 Å². The maximum atomic E-state index is 10.9. The molecule has 1 aromatic rings. The van der Waals surface area contributed by atoms with Crippen molar-refractivity contribution in [1.29, 1.82) is 0 Å². The maximum absolute atomic E-state index is 10.9. The van der Waals surface area contributed by atoms with Crippen LogP contribution in [0.5, 0.6) is 0 Å². The number of hydrogen-bond acceptors (Lipinski definition) is 2. The summed E-state index contributed by atoms with van der Waals surface area (Å²) in [6, 6.07) is 8.77. The highest BCUT2D eigenvalue weighted by Gasteiger charge is 2.23. The molecule has 3 N–H and O–H groups in total. The summed E-state index contributed by atoms with van der Waals surface area (Å²) in [6.45, 7) is 4.76. The van der Waals surface area contributed by atoms with Gasteiger partial charge in [-0.1, -0.05) is 24.3 Å². The van der Waals surface area contributed by atoms with E-state index in [-0.39, 0.29) is 11.4 Å². The van der Waals surface area contributed by atoms with Crippen LogP contribution in [0.15, 0.2) is 24.3 Å². The van der Waals surface area contributed by atoms with E-state index < -0.39 is 0 Å². The number of carbonyl (C=O) groups excluding carboxylic acids is 1. The van der Waals surface area contributed by atoms with Gasteiger partial charge >= 0.3 is 0 Å². The van der Waals surface area contributed by atoms with Crippen molar-refractivity contribution in [1.82, 2.24) is 5.32 Å². The molecule has 2 rings (SSSR count). The number of benzene rings is 1. The highest BCUT2D eigenvalue weighted by molar-refractivity contribution is 5.74. The molecule has 3 nitrogen and oxygen atoms in total. The van der Waals surface area contributed by atoms with E-state index in [1.807, 2.05) is 13.8 Å². The van der Waals surface area contributed by atoms with Crippen molar-refractivity contribution < 1.29 is 4.79 Å². The highest BCUT2D eigenvalue weighted by atomic mass is 16.1. The Morgan fingerprint density at radius 1 is 1.33 bits per heavy atom. The lowest BCUT2D eigenvalue weighted by Gasteiger charge is -2.25. The fourth-order valence-corrected chi connectivity index (χ4v) is 2.16. The van der Waals surface area contributed by atoms with E-state index in [9.17, 15) is 4.79 Å². The minimum absolute atomic E-state index is 0.249. The van der Waals surface area contributed by atoms with Crippen LogP contribution in [0.25, 0.3) is 0 Å². The quantitative estimate of drug-likeness (QED) is 0.809. The lowest BCUT2D eigenvalue weighted by atomic mass is 9.99. The Morgan fingerprint density at radius 3 is 2.44 bits per heavy atom. The Balaban J connectivity index is 1.87. The second-order valence-corrected chi connectivity index (χ2v) is 5.90. The monoisotopic (exact) mass is 246 g/mol. The van der Waals surface area contributed by atoms with E-state index >= 15 is 0 Å². The number of amides is 1. The summed E-state index contributed by atoms with van der Waals surface area (Å²) in [7, 11) is 0. The largest absolute Gasteiger partial charge is 0.370 e. The Morgan fingerprint density at radius 2 is 1.94 bits per heavy atom. The Hall–Kier alpha value is -1.35. The summed E-state index contributed by atoms with van der Waals surface area (Å²) in [4.78, 5) is 10.9. The summed E-state index contributed by atoms with van der Waals surface area (Å²) in [6.07, 6.45) is 3.03. The molecule has 0 aliphatic heterocycles. The Labute approximate surface area is 109 Å². The van der Waals surface area contributed by atoms with Crippen LogP contribution < -0.4 is 11.1 Å². The average Bonchev–Trinajstić information content (AvgIpc) is 3.09. The van der Waals surface area contributed by atoms with Crippen LogP contribution in [-0.4, -0.2) is 11.4 Å².